The predicted octanol–water partition coefficient (Wildman–Crippen LogP) is 4.32. The minimum atomic E-state index is -3.65. The largest absolute Gasteiger partial charge is 0.361 e. The lowest BCUT2D eigenvalue weighted by Gasteiger charge is -2.31. The highest BCUT2D eigenvalue weighted by Crippen LogP contribution is 2.35. The van der Waals surface area contributed by atoms with Gasteiger partial charge >= 0.3 is 0 Å². The summed E-state index contributed by atoms with van der Waals surface area (Å²) in [5, 5.41) is 0.852. The SMILES string of the molecule is Cc1cc(F)ccc1S(=O)(=O)N1CCC(c2c[nH]c3ccc(F)cc23)CC1. The van der Waals surface area contributed by atoms with Crippen molar-refractivity contribution in [3.63, 3.8) is 0 Å². The second-order valence-corrected chi connectivity index (χ2v) is 8.93. The number of H-pyrrole nitrogens is 1. The van der Waals surface area contributed by atoms with Gasteiger partial charge in [0.05, 0.1) is 4.90 Å². The molecule has 27 heavy (non-hydrogen) atoms. The van der Waals surface area contributed by atoms with Crippen LogP contribution in [0.5, 0.6) is 0 Å². The fraction of sp³-hybridized carbons (Fsp3) is 0.300. The zero-order valence-corrected chi connectivity index (χ0v) is 15.7. The number of sulfonamides is 1. The molecule has 1 fully saturated rings. The lowest BCUT2D eigenvalue weighted by atomic mass is 9.90. The van der Waals surface area contributed by atoms with E-state index >= 15 is 0 Å². The second-order valence-electron chi connectivity index (χ2n) is 7.02. The summed E-state index contributed by atoms with van der Waals surface area (Å²) in [6.07, 6.45) is 3.20. The molecule has 1 saturated heterocycles. The molecule has 0 spiro atoms. The van der Waals surface area contributed by atoms with E-state index in [9.17, 15) is 17.2 Å². The Bertz CT molecular complexity index is 1100. The minimum absolute atomic E-state index is 0.150. The lowest BCUT2D eigenvalue weighted by Crippen LogP contribution is -2.38. The smallest absolute Gasteiger partial charge is 0.243 e. The zero-order valence-electron chi connectivity index (χ0n) is 14.9. The van der Waals surface area contributed by atoms with E-state index in [2.05, 4.69) is 4.98 Å². The summed E-state index contributed by atoms with van der Waals surface area (Å²) < 4.78 is 54.2. The van der Waals surface area contributed by atoms with Gasteiger partial charge in [0.15, 0.2) is 0 Å². The summed E-state index contributed by atoms with van der Waals surface area (Å²) in [5.41, 5.74) is 2.31. The first-order valence-corrected chi connectivity index (χ1v) is 10.3. The van der Waals surface area contributed by atoms with E-state index in [4.69, 9.17) is 0 Å². The van der Waals surface area contributed by atoms with Crippen molar-refractivity contribution in [2.24, 2.45) is 0 Å². The van der Waals surface area contributed by atoms with Crippen molar-refractivity contribution in [1.29, 1.82) is 0 Å². The number of piperidine rings is 1. The fourth-order valence-corrected chi connectivity index (χ4v) is 5.58. The van der Waals surface area contributed by atoms with Crippen molar-refractivity contribution >= 4 is 20.9 Å². The van der Waals surface area contributed by atoms with Crippen molar-refractivity contribution in [3.8, 4) is 0 Å². The highest BCUT2D eigenvalue weighted by molar-refractivity contribution is 7.89. The molecule has 0 atom stereocenters. The number of nitrogens with one attached hydrogen (secondary N) is 1. The van der Waals surface area contributed by atoms with Gasteiger partial charge in [-0.05, 0) is 73.2 Å². The lowest BCUT2D eigenvalue weighted by molar-refractivity contribution is 0.320. The van der Waals surface area contributed by atoms with Gasteiger partial charge in [0.1, 0.15) is 11.6 Å². The molecule has 4 rings (SSSR count). The van der Waals surface area contributed by atoms with Crippen molar-refractivity contribution in [1.82, 2.24) is 9.29 Å². The third-order valence-corrected chi connectivity index (χ3v) is 7.38. The molecule has 0 bridgehead atoms. The van der Waals surface area contributed by atoms with E-state index in [1.165, 1.54) is 34.6 Å². The Hall–Kier alpha value is -2.25. The highest BCUT2D eigenvalue weighted by atomic mass is 32.2. The molecule has 3 aromatic rings. The number of benzene rings is 2. The molecular weight excluding hydrogens is 370 g/mol. The molecule has 4 nitrogen and oxygen atoms in total. The van der Waals surface area contributed by atoms with E-state index in [1.807, 2.05) is 6.20 Å². The first-order valence-electron chi connectivity index (χ1n) is 8.89. The summed E-state index contributed by atoms with van der Waals surface area (Å²) in [6.45, 7) is 2.36. The zero-order chi connectivity index (χ0) is 19.2. The van der Waals surface area contributed by atoms with Crippen molar-refractivity contribution in [2.45, 2.75) is 30.6 Å². The molecule has 0 saturated carbocycles. The molecule has 1 aliphatic rings. The van der Waals surface area contributed by atoms with Gasteiger partial charge in [0.25, 0.3) is 0 Å². The quantitative estimate of drug-likeness (QED) is 0.724. The van der Waals surface area contributed by atoms with E-state index in [-0.39, 0.29) is 16.6 Å². The van der Waals surface area contributed by atoms with Gasteiger partial charge < -0.3 is 4.98 Å². The van der Waals surface area contributed by atoms with Gasteiger partial charge in [-0.1, -0.05) is 0 Å². The summed E-state index contributed by atoms with van der Waals surface area (Å²) >= 11 is 0. The number of aromatic nitrogens is 1. The molecule has 0 unspecified atom stereocenters. The first-order chi connectivity index (χ1) is 12.9. The van der Waals surface area contributed by atoms with Crippen LogP contribution >= 0.6 is 0 Å². The average molecular weight is 390 g/mol. The number of rotatable bonds is 3. The van der Waals surface area contributed by atoms with Gasteiger partial charge in [-0.15, -0.1) is 0 Å². The number of hydrogen-bond acceptors (Lipinski definition) is 2. The number of fused-ring (bicyclic) bond motifs is 1. The normalized spacial score (nSPS) is 16.9. The van der Waals surface area contributed by atoms with Crippen LogP contribution in [-0.2, 0) is 10.0 Å². The van der Waals surface area contributed by atoms with Crippen LogP contribution in [0.15, 0.2) is 47.5 Å². The number of hydrogen-bond donors (Lipinski definition) is 1. The van der Waals surface area contributed by atoms with Crippen molar-refractivity contribution in [2.75, 3.05) is 13.1 Å². The molecule has 142 valence electrons. The Balaban J connectivity index is 1.55. The van der Waals surface area contributed by atoms with Crippen molar-refractivity contribution in [3.05, 3.63) is 65.4 Å². The Labute approximate surface area is 156 Å². The predicted molar refractivity (Wildman–Crippen MR) is 100 cm³/mol. The van der Waals surface area contributed by atoms with Crippen LogP contribution in [0.25, 0.3) is 10.9 Å². The summed E-state index contributed by atoms with van der Waals surface area (Å²) in [5.74, 6) is -0.562. The van der Waals surface area contributed by atoms with Crippen LogP contribution in [0.2, 0.25) is 0 Å². The summed E-state index contributed by atoms with van der Waals surface area (Å²) in [6, 6.07) is 8.39. The first kappa shape index (κ1) is 18.1. The monoisotopic (exact) mass is 390 g/mol. The van der Waals surface area contributed by atoms with E-state index in [1.54, 1.807) is 13.0 Å². The van der Waals surface area contributed by atoms with Gasteiger partial charge in [-0.3, -0.25) is 0 Å². The Morgan fingerprint density at radius 2 is 1.70 bits per heavy atom. The Morgan fingerprint density at radius 1 is 1.04 bits per heavy atom. The van der Waals surface area contributed by atoms with Crippen LogP contribution in [0.4, 0.5) is 8.78 Å². The molecule has 0 radical (unpaired) electrons. The standard InChI is InChI=1S/C20H20F2N2O2S/c1-13-10-15(21)3-5-20(13)27(25,26)24-8-6-14(7-9-24)18-12-23-19-4-2-16(22)11-17(18)19/h2-5,10-12,14,23H,6-9H2,1H3. The molecule has 1 aromatic heterocycles. The Morgan fingerprint density at radius 3 is 2.41 bits per heavy atom. The van der Waals surface area contributed by atoms with Gasteiger partial charge in [-0.2, -0.15) is 4.31 Å². The molecule has 2 heterocycles. The maximum Gasteiger partial charge on any atom is 0.243 e. The molecule has 0 amide bonds. The molecule has 7 heteroatoms. The Kier molecular flexibility index (Phi) is 4.52. The van der Waals surface area contributed by atoms with E-state index < -0.39 is 15.8 Å². The van der Waals surface area contributed by atoms with Crippen LogP contribution in [0, 0.1) is 18.6 Å². The average Bonchev–Trinajstić information content (AvgIpc) is 3.04. The van der Waals surface area contributed by atoms with Crippen LogP contribution in [-0.4, -0.2) is 30.8 Å². The third kappa shape index (κ3) is 3.26. The van der Waals surface area contributed by atoms with E-state index in [0.29, 0.717) is 31.5 Å². The second kappa shape index (κ2) is 6.73. The van der Waals surface area contributed by atoms with Gasteiger partial charge in [-0.25, -0.2) is 17.2 Å². The summed E-state index contributed by atoms with van der Waals surface area (Å²) in [4.78, 5) is 3.31. The van der Waals surface area contributed by atoms with Crippen molar-refractivity contribution < 1.29 is 17.2 Å². The number of aryl methyl sites for hydroxylation is 1. The van der Waals surface area contributed by atoms with Gasteiger partial charge in [0, 0.05) is 30.2 Å². The molecular formula is C20H20F2N2O2S. The minimum Gasteiger partial charge on any atom is -0.361 e. The maximum atomic E-state index is 13.6. The van der Waals surface area contributed by atoms with Crippen LogP contribution in [0.3, 0.4) is 0 Å². The fourth-order valence-electron chi connectivity index (χ4n) is 3.90. The van der Waals surface area contributed by atoms with Crippen LogP contribution in [0.1, 0.15) is 29.9 Å². The number of halogens is 2. The summed E-state index contributed by atoms with van der Waals surface area (Å²) in [7, 11) is -3.65. The maximum absolute atomic E-state index is 13.6. The molecule has 1 N–H and O–H groups in total. The number of nitrogens with zero attached hydrogens (tertiary/aromatic N) is 1. The number of aromatic amines is 1. The molecule has 2 aromatic carbocycles. The van der Waals surface area contributed by atoms with Gasteiger partial charge in [0.2, 0.25) is 10.0 Å². The topological polar surface area (TPSA) is 53.2 Å². The third-order valence-electron chi connectivity index (χ3n) is 5.32. The highest BCUT2D eigenvalue weighted by Gasteiger charge is 2.31. The van der Waals surface area contributed by atoms with E-state index in [0.717, 1.165) is 16.5 Å². The molecule has 1 aliphatic heterocycles. The molecule has 0 aliphatic carbocycles. The van der Waals surface area contributed by atoms with Crippen LogP contribution < -0.4 is 0 Å².